The summed E-state index contributed by atoms with van der Waals surface area (Å²) in [4.78, 5) is 2.62. The number of anilines is 1. The summed E-state index contributed by atoms with van der Waals surface area (Å²) in [5, 5.41) is 8.06. The fourth-order valence-electron chi connectivity index (χ4n) is 2.29. The molecule has 3 rings (SSSR count). The maximum Gasteiger partial charge on any atom is 0.152 e. The Morgan fingerprint density at radius 2 is 2.21 bits per heavy atom. The number of hydrogen-bond donors (Lipinski definition) is 1. The summed E-state index contributed by atoms with van der Waals surface area (Å²) in [6, 6.07) is 5.97. The van der Waals surface area contributed by atoms with E-state index in [0.29, 0.717) is 11.5 Å². The van der Waals surface area contributed by atoms with Crippen LogP contribution in [0.5, 0.6) is 0 Å². The van der Waals surface area contributed by atoms with Crippen LogP contribution >= 0.6 is 28.1 Å². The van der Waals surface area contributed by atoms with Gasteiger partial charge < -0.3 is 15.2 Å². The van der Waals surface area contributed by atoms with Gasteiger partial charge in [-0.2, -0.15) is 0 Å². The summed E-state index contributed by atoms with van der Waals surface area (Å²) >= 11 is 8.67. The smallest absolute Gasteiger partial charge is 0.152 e. The third-order valence-electron chi connectivity index (χ3n) is 3.22. The van der Waals surface area contributed by atoms with Gasteiger partial charge in [-0.15, -0.1) is 10.2 Å². The minimum Gasteiger partial charge on any atom is -0.389 e. The SMILES string of the molecule is NC(=S)c1c(Br)cccc1N1CCn2cnnc2C1. The molecule has 0 saturated carbocycles. The molecule has 0 aliphatic carbocycles. The number of nitrogens with zero attached hydrogens (tertiary/aromatic N) is 4. The first-order valence-corrected chi connectivity index (χ1v) is 7.07. The van der Waals surface area contributed by atoms with Gasteiger partial charge in [-0.1, -0.05) is 18.3 Å². The summed E-state index contributed by atoms with van der Waals surface area (Å²) in [5.74, 6) is 0.958. The maximum atomic E-state index is 5.84. The molecule has 2 heterocycles. The van der Waals surface area contributed by atoms with Crippen molar-refractivity contribution in [3.63, 3.8) is 0 Å². The van der Waals surface area contributed by atoms with Crippen LogP contribution in [0, 0.1) is 0 Å². The van der Waals surface area contributed by atoms with Crippen molar-refractivity contribution in [2.24, 2.45) is 5.73 Å². The molecular weight excluding hydrogens is 326 g/mol. The highest BCUT2D eigenvalue weighted by molar-refractivity contribution is 9.10. The lowest BCUT2D eigenvalue weighted by Gasteiger charge is -2.30. The van der Waals surface area contributed by atoms with Crippen molar-refractivity contribution in [2.75, 3.05) is 11.4 Å². The van der Waals surface area contributed by atoms with E-state index in [-0.39, 0.29) is 0 Å². The molecule has 0 spiro atoms. The van der Waals surface area contributed by atoms with Crippen LogP contribution in [-0.2, 0) is 13.1 Å². The van der Waals surface area contributed by atoms with E-state index < -0.39 is 0 Å². The minimum atomic E-state index is 0.398. The Labute approximate surface area is 124 Å². The van der Waals surface area contributed by atoms with E-state index in [1.165, 1.54) is 0 Å². The molecular formula is C12H12BrN5S. The van der Waals surface area contributed by atoms with Gasteiger partial charge in [-0.3, -0.25) is 0 Å². The highest BCUT2D eigenvalue weighted by atomic mass is 79.9. The maximum absolute atomic E-state index is 5.84. The third kappa shape index (κ3) is 2.23. The summed E-state index contributed by atoms with van der Waals surface area (Å²) in [7, 11) is 0. The van der Waals surface area contributed by atoms with Crippen molar-refractivity contribution in [3.05, 3.63) is 40.4 Å². The molecule has 1 aliphatic heterocycles. The fraction of sp³-hybridized carbons (Fsp3) is 0.250. The lowest BCUT2D eigenvalue weighted by atomic mass is 10.1. The summed E-state index contributed by atoms with van der Waals surface area (Å²) in [5.41, 5.74) is 7.76. The number of nitrogens with two attached hydrogens (primary N) is 1. The van der Waals surface area contributed by atoms with Crippen LogP contribution in [0.2, 0.25) is 0 Å². The van der Waals surface area contributed by atoms with Crippen LogP contribution in [0.15, 0.2) is 29.0 Å². The van der Waals surface area contributed by atoms with Crippen molar-refractivity contribution < 1.29 is 0 Å². The van der Waals surface area contributed by atoms with Crippen LogP contribution in [-0.4, -0.2) is 26.3 Å². The molecule has 98 valence electrons. The second kappa shape index (κ2) is 4.90. The lowest BCUT2D eigenvalue weighted by molar-refractivity contribution is 0.560. The van der Waals surface area contributed by atoms with Gasteiger partial charge in [0.25, 0.3) is 0 Å². The molecule has 0 bridgehead atoms. The second-order valence-corrected chi connectivity index (χ2v) is 5.65. The van der Waals surface area contributed by atoms with E-state index in [0.717, 1.165) is 34.6 Å². The van der Waals surface area contributed by atoms with Gasteiger partial charge in [0.05, 0.1) is 6.54 Å². The molecule has 2 N–H and O–H groups in total. The van der Waals surface area contributed by atoms with Crippen molar-refractivity contribution in [1.29, 1.82) is 0 Å². The predicted molar refractivity (Wildman–Crippen MR) is 81.1 cm³/mol. The Balaban J connectivity index is 2.00. The van der Waals surface area contributed by atoms with Gasteiger partial charge >= 0.3 is 0 Å². The van der Waals surface area contributed by atoms with E-state index in [4.69, 9.17) is 18.0 Å². The quantitative estimate of drug-likeness (QED) is 0.845. The highest BCUT2D eigenvalue weighted by Crippen LogP contribution is 2.29. The van der Waals surface area contributed by atoms with Gasteiger partial charge in [0, 0.05) is 28.8 Å². The van der Waals surface area contributed by atoms with Gasteiger partial charge in [0.15, 0.2) is 5.82 Å². The van der Waals surface area contributed by atoms with E-state index >= 15 is 0 Å². The molecule has 1 aromatic carbocycles. The van der Waals surface area contributed by atoms with Crippen molar-refractivity contribution in [3.8, 4) is 0 Å². The van der Waals surface area contributed by atoms with Crippen molar-refractivity contribution in [1.82, 2.24) is 14.8 Å². The highest BCUT2D eigenvalue weighted by Gasteiger charge is 2.21. The van der Waals surface area contributed by atoms with Gasteiger partial charge in [0.2, 0.25) is 0 Å². The summed E-state index contributed by atoms with van der Waals surface area (Å²) < 4.78 is 2.99. The Morgan fingerprint density at radius 1 is 1.37 bits per heavy atom. The van der Waals surface area contributed by atoms with Gasteiger partial charge in [0.1, 0.15) is 11.3 Å². The minimum absolute atomic E-state index is 0.398. The number of rotatable bonds is 2. The van der Waals surface area contributed by atoms with Crippen LogP contribution in [0.4, 0.5) is 5.69 Å². The molecule has 0 amide bonds. The largest absolute Gasteiger partial charge is 0.389 e. The number of aromatic nitrogens is 3. The van der Waals surface area contributed by atoms with E-state index in [1.54, 1.807) is 6.33 Å². The van der Waals surface area contributed by atoms with Crippen molar-refractivity contribution in [2.45, 2.75) is 13.1 Å². The Bertz CT molecular complexity index is 639. The number of fused-ring (bicyclic) bond motifs is 1. The van der Waals surface area contributed by atoms with E-state index in [1.807, 2.05) is 18.2 Å². The van der Waals surface area contributed by atoms with E-state index in [2.05, 4.69) is 35.6 Å². The first-order valence-electron chi connectivity index (χ1n) is 5.87. The second-order valence-electron chi connectivity index (χ2n) is 4.36. The third-order valence-corrected chi connectivity index (χ3v) is 4.08. The molecule has 7 heteroatoms. The van der Waals surface area contributed by atoms with Gasteiger partial charge in [-0.05, 0) is 28.1 Å². The standard InChI is InChI=1S/C12H12BrN5S/c13-8-2-1-3-9(11(8)12(14)19)17-4-5-18-7-15-16-10(18)6-17/h1-3,7H,4-6H2,(H2,14,19). The molecule has 0 unspecified atom stereocenters. The fourth-order valence-corrected chi connectivity index (χ4v) is 3.21. The Hall–Kier alpha value is -1.47. The van der Waals surface area contributed by atoms with Gasteiger partial charge in [-0.25, -0.2) is 0 Å². The molecule has 0 atom stereocenters. The number of benzene rings is 1. The first kappa shape index (κ1) is 12.6. The van der Waals surface area contributed by atoms with Crippen LogP contribution in [0.1, 0.15) is 11.4 Å². The normalized spacial score (nSPS) is 14.3. The van der Waals surface area contributed by atoms with Crippen LogP contribution in [0.25, 0.3) is 0 Å². The van der Waals surface area contributed by atoms with Crippen LogP contribution in [0.3, 0.4) is 0 Å². The molecule has 0 saturated heterocycles. The number of thiocarbonyl (C=S) groups is 1. The lowest BCUT2D eigenvalue weighted by Crippen LogP contribution is -2.35. The average Bonchev–Trinajstić information content (AvgIpc) is 2.85. The first-order chi connectivity index (χ1) is 9.16. The molecule has 1 aromatic heterocycles. The molecule has 19 heavy (non-hydrogen) atoms. The monoisotopic (exact) mass is 337 g/mol. The molecule has 0 fully saturated rings. The molecule has 5 nitrogen and oxygen atoms in total. The molecule has 2 aromatic rings. The zero-order valence-corrected chi connectivity index (χ0v) is 12.5. The average molecular weight is 338 g/mol. The molecule has 0 radical (unpaired) electrons. The van der Waals surface area contributed by atoms with Crippen LogP contribution < -0.4 is 10.6 Å². The topological polar surface area (TPSA) is 60.0 Å². The predicted octanol–water partition coefficient (Wildman–Crippen LogP) is 1.70. The Kier molecular flexibility index (Phi) is 3.24. The zero-order valence-electron chi connectivity index (χ0n) is 10.1. The zero-order chi connectivity index (χ0) is 13.4. The summed E-state index contributed by atoms with van der Waals surface area (Å²) in [6.07, 6.45) is 1.77. The van der Waals surface area contributed by atoms with Crippen molar-refractivity contribution >= 4 is 38.8 Å². The number of hydrogen-bond acceptors (Lipinski definition) is 4. The van der Waals surface area contributed by atoms with E-state index in [9.17, 15) is 0 Å². The molecule has 1 aliphatic rings. The Morgan fingerprint density at radius 3 is 3.00 bits per heavy atom. The summed E-state index contributed by atoms with van der Waals surface area (Å²) in [6.45, 7) is 2.47. The number of halogens is 1.